The van der Waals surface area contributed by atoms with Crippen molar-refractivity contribution < 1.29 is 14.7 Å². The number of aromatic amines is 1. The molecule has 2 aromatic heterocycles. The van der Waals surface area contributed by atoms with Gasteiger partial charge in [-0.05, 0) is 19.8 Å². The molecular weight excluding hydrogens is 447 g/mol. The van der Waals surface area contributed by atoms with E-state index >= 15 is 0 Å². The van der Waals surface area contributed by atoms with Crippen LogP contribution in [0.15, 0.2) is 0 Å². The minimum absolute atomic E-state index is 0.0927. The molecule has 1 saturated carbocycles. The average Bonchev–Trinajstić information content (AvgIpc) is 3.09. The van der Waals surface area contributed by atoms with Crippen LogP contribution in [0.25, 0.3) is 0 Å². The maximum absolute atomic E-state index is 12.5. The molecule has 7 nitrogen and oxygen atoms in total. The zero-order chi connectivity index (χ0) is 21.6. The van der Waals surface area contributed by atoms with E-state index in [1.807, 2.05) is 0 Å². The van der Waals surface area contributed by atoms with Crippen LogP contribution in [0.1, 0.15) is 57.7 Å². The number of rotatable bonds is 8. The van der Waals surface area contributed by atoms with Crippen LogP contribution in [0.2, 0.25) is 10.0 Å². The van der Waals surface area contributed by atoms with E-state index in [9.17, 15) is 14.7 Å². The predicted octanol–water partition coefficient (Wildman–Crippen LogP) is 4.38. The molecule has 0 radical (unpaired) electrons. The monoisotopic (exact) mass is 470 g/mol. The van der Waals surface area contributed by atoms with Gasteiger partial charge in [-0.15, -0.1) is 0 Å². The van der Waals surface area contributed by atoms with Crippen molar-refractivity contribution in [2.24, 2.45) is 11.8 Å². The molecule has 0 spiro atoms. The molecule has 0 bridgehead atoms. The Balaban J connectivity index is 1.37. The molecule has 30 heavy (non-hydrogen) atoms. The Morgan fingerprint density at radius 1 is 1.27 bits per heavy atom. The number of piperidine rings is 1. The average molecular weight is 471 g/mol. The number of hydrogen-bond donors (Lipinski definition) is 3. The summed E-state index contributed by atoms with van der Waals surface area (Å²) < 4.78 is 0. The molecule has 10 heteroatoms. The Morgan fingerprint density at radius 2 is 1.97 bits per heavy atom. The molecule has 1 aliphatic carbocycles. The number of carbonyl (C=O) groups excluding carboxylic acids is 1. The molecule has 0 aromatic carbocycles. The molecule has 0 unspecified atom stereocenters. The number of nitrogens with zero attached hydrogens (tertiary/aromatic N) is 2. The zero-order valence-corrected chi connectivity index (χ0v) is 19.1. The number of carbonyl (C=O) groups is 2. The summed E-state index contributed by atoms with van der Waals surface area (Å²) >= 11 is 13.4. The molecular formula is C20H24Cl2N4O3S. The molecule has 4 rings (SSSR count). The molecule has 3 atom stereocenters. The Bertz CT molecular complexity index is 977. The molecule has 3 N–H and O–H groups in total. The predicted molar refractivity (Wildman–Crippen MR) is 118 cm³/mol. The second-order valence-electron chi connectivity index (χ2n) is 8.02. The summed E-state index contributed by atoms with van der Waals surface area (Å²) in [6.45, 7) is 5.41. The first kappa shape index (κ1) is 21.5. The van der Waals surface area contributed by atoms with Gasteiger partial charge in [0.2, 0.25) is 0 Å². The highest BCUT2D eigenvalue weighted by atomic mass is 35.5. The number of hydrogen-bond acceptors (Lipinski definition) is 5. The lowest BCUT2D eigenvalue weighted by molar-refractivity contribution is 0.0700. The van der Waals surface area contributed by atoms with Crippen LogP contribution >= 0.6 is 34.5 Å². The van der Waals surface area contributed by atoms with Gasteiger partial charge in [-0.2, -0.15) is 0 Å². The van der Waals surface area contributed by atoms with Gasteiger partial charge in [0.25, 0.3) is 5.91 Å². The largest absolute Gasteiger partial charge is 0.477 e. The molecule has 2 fully saturated rings. The third kappa shape index (κ3) is 3.92. The second-order valence-corrected chi connectivity index (χ2v) is 9.75. The van der Waals surface area contributed by atoms with Gasteiger partial charge in [-0.3, -0.25) is 4.79 Å². The van der Waals surface area contributed by atoms with E-state index in [1.165, 1.54) is 11.3 Å². The third-order valence-electron chi connectivity index (χ3n) is 5.94. The van der Waals surface area contributed by atoms with E-state index in [0.717, 1.165) is 37.5 Å². The number of aryl methyl sites for hydroxylation is 2. The Morgan fingerprint density at radius 3 is 2.53 bits per heavy atom. The highest BCUT2D eigenvalue weighted by Crippen LogP contribution is 2.48. The molecule has 162 valence electrons. The van der Waals surface area contributed by atoms with Crippen molar-refractivity contribution >= 4 is 51.5 Å². The minimum atomic E-state index is -0.906. The number of carboxylic acid groups (broad SMARTS) is 1. The van der Waals surface area contributed by atoms with Crippen molar-refractivity contribution in [3.63, 3.8) is 0 Å². The molecule has 3 heterocycles. The lowest BCUT2D eigenvalue weighted by Gasteiger charge is -2.19. The summed E-state index contributed by atoms with van der Waals surface area (Å²) in [5.74, 6) is -0.488. The Hall–Kier alpha value is -1.77. The van der Waals surface area contributed by atoms with Gasteiger partial charge >= 0.3 is 5.97 Å². The summed E-state index contributed by atoms with van der Waals surface area (Å²) in [4.78, 5) is 34.2. The van der Waals surface area contributed by atoms with E-state index in [2.05, 4.69) is 27.1 Å². The molecule has 2 aliphatic rings. The maximum Gasteiger partial charge on any atom is 0.347 e. The lowest BCUT2D eigenvalue weighted by Crippen LogP contribution is -2.34. The van der Waals surface area contributed by atoms with Crippen molar-refractivity contribution in [3.05, 3.63) is 32.0 Å². The smallest absolute Gasteiger partial charge is 0.347 e. The number of nitrogens with one attached hydrogen (secondary N) is 2. The second kappa shape index (κ2) is 8.40. The van der Waals surface area contributed by atoms with Crippen LogP contribution in [0.4, 0.5) is 5.13 Å². The molecule has 1 aliphatic heterocycles. The first-order valence-electron chi connectivity index (χ1n) is 10.1. The number of thiazole rings is 1. The van der Waals surface area contributed by atoms with E-state index < -0.39 is 5.97 Å². The Labute approximate surface area is 188 Å². The van der Waals surface area contributed by atoms with E-state index in [4.69, 9.17) is 23.2 Å². The van der Waals surface area contributed by atoms with Crippen molar-refractivity contribution in [2.75, 3.05) is 18.0 Å². The van der Waals surface area contributed by atoms with Gasteiger partial charge in [0, 0.05) is 36.7 Å². The summed E-state index contributed by atoms with van der Waals surface area (Å²) in [5, 5.41) is 13.9. The van der Waals surface area contributed by atoms with Crippen LogP contribution in [0.5, 0.6) is 0 Å². The number of amides is 1. The van der Waals surface area contributed by atoms with Crippen molar-refractivity contribution in [3.8, 4) is 0 Å². The normalized spacial score (nSPS) is 22.3. The number of aromatic carboxylic acids is 1. The van der Waals surface area contributed by atoms with Gasteiger partial charge in [-0.25, -0.2) is 9.78 Å². The number of carboxylic acids is 1. The van der Waals surface area contributed by atoms with Crippen LogP contribution in [-0.4, -0.2) is 46.1 Å². The highest BCUT2D eigenvalue weighted by molar-refractivity contribution is 7.17. The summed E-state index contributed by atoms with van der Waals surface area (Å²) in [6, 6.07) is 0.0927. The first-order chi connectivity index (χ1) is 14.3. The molecule has 1 amide bonds. The van der Waals surface area contributed by atoms with Gasteiger partial charge in [0.1, 0.15) is 10.6 Å². The van der Waals surface area contributed by atoms with Crippen molar-refractivity contribution in [1.29, 1.82) is 0 Å². The third-order valence-corrected chi connectivity index (χ3v) is 8.03. The Kier molecular flexibility index (Phi) is 6.01. The highest BCUT2D eigenvalue weighted by Gasteiger charge is 2.57. The van der Waals surface area contributed by atoms with Crippen molar-refractivity contribution in [1.82, 2.24) is 15.3 Å². The quantitative estimate of drug-likeness (QED) is 0.497. The first-order valence-corrected chi connectivity index (χ1v) is 11.7. The molecule has 1 saturated heterocycles. The van der Waals surface area contributed by atoms with E-state index in [-0.39, 0.29) is 17.0 Å². The minimum Gasteiger partial charge on any atom is -0.477 e. The van der Waals surface area contributed by atoms with Crippen LogP contribution < -0.4 is 10.2 Å². The summed E-state index contributed by atoms with van der Waals surface area (Å²) in [7, 11) is 0. The standard InChI is InChI=1S/C20H24Cl2N4O3S/c1-3-4-5-6-12-17(19(28)29)30-20(24-12)26-7-10-11(8-26)15(10)25-18(27)16-14(22)13(21)9(2)23-16/h10-11,15,23H,3-8H2,1-2H3,(H,25,27)(H,28,29)/t10-,11+,15+. The maximum atomic E-state index is 12.5. The van der Waals surface area contributed by atoms with E-state index in [0.29, 0.717) is 45.2 Å². The van der Waals surface area contributed by atoms with Gasteiger partial charge in [0.05, 0.1) is 15.7 Å². The fourth-order valence-electron chi connectivity index (χ4n) is 4.20. The topological polar surface area (TPSA) is 98.3 Å². The number of H-pyrrole nitrogens is 1. The fraction of sp³-hybridized carbons (Fsp3) is 0.550. The lowest BCUT2D eigenvalue weighted by atomic mass is 10.1. The number of anilines is 1. The number of fused-ring (bicyclic) bond motifs is 1. The van der Waals surface area contributed by atoms with Gasteiger partial charge in [-0.1, -0.05) is 54.3 Å². The van der Waals surface area contributed by atoms with Gasteiger partial charge in [0.15, 0.2) is 5.13 Å². The van der Waals surface area contributed by atoms with Gasteiger partial charge < -0.3 is 20.3 Å². The van der Waals surface area contributed by atoms with Crippen LogP contribution in [0, 0.1) is 18.8 Å². The fourth-order valence-corrected chi connectivity index (χ4v) is 5.59. The number of halogens is 2. The van der Waals surface area contributed by atoms with Crippen molar-refractivity contribution in [2.45, 2.75) is 45.6 Å². The summed E-state index contributed by atoms with van der Waals surface area (Å²) in [6.07, 6.45) is 3.80. The number of unbranched alkanes of at least 4 members (excludes halogenated alkanes) is 2. The van der Waals surface area contributed by atoms with E-state index in [1.54, 1.807) is 6.92 Å². The van der Waals surface area contributed by atoms with Crippen LogP contribution in [-0.2, 0) is 6.42 Å². The molecule has 2 aromatic rings. The van der Waals surface area contributed by atoms with Crippen LogP contribution in [0.3, 0.4) is 0 Å². The number of aromatic nitrogens is 2. The zero-order valence-electron chi connectivity index (χ0n) is 16.8. The summed E-state index contributed by atoms with van der Waals surface area (Å²) in [5.41, 5.74) is 1.65. The SMILES string of the molecule is CCCCCc1nc(N2C[C@@H]3[C@H](C2)[C@H]3NC(=O)c2[nH]c(C)c(Cl)c2Cl)sc1C(=O)O.